The first-order valence-electron chi connectivity index (χ1n) is 9.77. The number of hydrogen-bond acceptors (Lipinski definition) is 4. The van der Waals surface area contributed by atoms with Crippen molar-refractivity contribution in [2.45, 2.75) is 63.8 Å². The van der Waals surface area contributed by atoms with Crippen LogP contribution in [0.3, 0.4) is 0 Å². The highest BCUT2D eigenvalue weighted by molar-refractivity contribution is 6.01. The summed E-state index contributed by atoms with van der Waals surface area (Å²) in [6.45, 7) is 4.58. The fourth-order valence-corrected chi connectivity index (χ4v) is 7.47. The van der Waals surface area contributed by atoms with Gasteiger partial charge in [-0.1, -0.05) is 25.5 Å². The third-order valence-corrected chi connectivity index (χ3v) is 8.66. The molecular formula is C21H28O4. The largest absolute Gasteiger partial charge is 0.394 e. The molecule has 0 bridgehead atoms. The van der Waals surface area contributed by atoms with Gasteiger partial charge in [-0.2, -0.15) is 0 Å². The molecule has 0 aromatic rings. The number of carbonyl (C=O) groups is 1. The van der Waals surface area contributed by atoms with Crippen LogP contribution in [0.1, 0.15) is 46.0 Å². The zero-order valence-electron chi connectivity index (χ0n) is 15.1. The smallest absolute Gasteiger partial charge is 0.178 e. The molecular weight excluding hydrogens is 316 g/mol. The molecule has 4 fully saturated rings. The molecule has 0 aromatic heterocycles. The van der Waals surface area contributed by atoms with E-state index in [1.54, 1.807) is 12.2 Å². The van der Waals surface area contributed by atoms with Crippen LogP contribution in [-0.4, -0.2) is 40.4 Å². The maximum absolute atomic E-state index is 11.8. The van der Waals surface area contributed by atoms with Crippen LogP contribution < -0.4 is 0 Å². The van der Waals surface area contributed by atoms with E-state index < -0.39 is 6.10 Å². The first-order chi connectivity index (χ1) is 11.9. The second kappa shape index (κ2) is 4.85. The van der Waals surface area contributed by atoms with E-state index in [4.69, 9.17) is 4.74 Å². The first kappa shape index (κ1) is 16.2. The van der Waals surface area contributed by atoms with Crippen molar-refractivity contribution in [1.82, 2.24) is 0 Å². The van der Waals surface area contributed by atoms with Crippen molar-refractivity contribution in [3.05, 3.63) is 23.8 Å². The minimum absolute atomic E-state index is 0.0481. The number of fused-ring (bicyclic) bond motifs is 6. The molecule has 136 valence electrons. The van der Waals surface area contributed by atoms with Crippen molar-refractivity contribution < 1.29 is 19.7 Å². The molecule has 4 aliphatic carbocycles. The fourth-order valence-electron chi connectivity index (χ4n) is 7.47. The van der Waals surface area contributed by atoms with E-state index in [9.17, 15) is 15.0 Å². The highest BCUT2D eigenvalue weighted by Crippen LogP contribution is 2.72. The van der Waals surface area contributed by atoms with Crippen molar-refractivity contribution in [1.29, 1.82) is 0 Å². The van der Waals surface area contributed by atoms with E-state index in [0.717, 1.165) is 32.1 Å². The highest BCUT2D eigenvalue weighted by Gasteiger charge is 2.75. The summed E-state index contributed by atoms with van der Waals surface area (Å²) in [6, 6.07) is 0. The lowest BCUT2D eigenvalue weighted by atomic mass is 9.46. The minimum atomic E-state index is -0.392. The fraction of sp³-hybridized carbons (Fsp3) is 0.762. The van der Waals surface area contributed by atoms with Crippen LogP contribution in [0.15, 0.2) is 23.8 Å². The first-order valence-corrected chi connectivity index (χ1v) is 9.77. The van der Waals surface area contributed by atoms with E-state index in [1.807, 2.05) is 0 Å². The maximum Gasteiger partial charge on any atom is 0.178 e. The molecule has 5 aliphatic rings. The van der Waals surface area contributed by atoms with Crippen molar-refractivity contribution in [3.8, 4) is 0 Å². The molecule has 1 saturated heterocycles. The Morgan fingerprint density at radius 1 is 1.32 bits per heavy atom. The lowest BCUT2D eigenvalue weighted by Crippen LogP contribution is -2.57. The Morgan fingerprint density at radius 2 is 2.12 bits per heavy atom. The van der Waals surface area contributed by atoms with Crippen LogP contribution >= 0.6 is 0 Å². The highest BCUT2D eigenvalue weighted by atomic mass is 16.6. The summed E-state index contributed by atoms with van der Waals surface area (Å²) in [5.74, 6) is 1.24. The normalized spacial score (nSPS) is 56.2. The molecule has 4 nitrogen and oxygen atoms in total. The number of allylic oxidation sites excluding steroid dienone is 4. The van der Waals surface area contributed by atoms with E-state index in [2.05, 4.69) is 19.9 Å². The van der Waals surface area contributed by atoms with Gasteiger partial charge in [0.05, 0.1) is 12.7 Å². The minimum Gasteiger partial charge on any atom is -0.394 e. The Morgan fingerprint density at radius 3 is 2.84 bits per heavy atom. The molecule has 4 heteroatoms. The number of ketones is 1. The SMILES string of the molecule is C[C@]12C=CC(=O)C=C1CC[C@@H]1[C@@H]2C(O)C[C@@]2(C)[C@H]1CC[C@@]21OC1CO. The average molecular weight is 344 g/mol. The summed E-state index contributed by atoms with van der Waals surface area (Å²) in [5.41, 5.74) is 0.738. The lowest BCUT2D eigenvalue weighted by Gasteiger charge is -2.58. The van der Waals surface area contributed by atoms with Crippen LogP contribution in [0, 0.1) is 28.6 Å². The van der Waals surface area contributed by atoms with Crippen molar-refractivity contribution in [2.75, 3.05) is 6.61 Å². The summed E-state index contributed by atoms with van der Waals surface area (Å²) in [6.07, 6.45) is 9.97. The predicted molar refractivity (Wildman–Crippen MR) is 92.7 cm³/mol. The summed E-state index contributed by atoms with van der Waals surface area (Å²) < 4.78 is 6.03. The summed E-state index contributed by atoms with van der Waals surface area (Å²) in [4.78, 5) is 11.8. The molecule has 0 amide bonds. The topological polar surface area (TPSA) is 70.1 Å². The number of ether oxygens (including phenoxy) is 1. The van der Waals surface area contributed by atoms with Crippen LogP contribution in [0.5, 0.6) is 0 Å². The zero-order chi connectivity index (χ0) is 17.6. The summed E-state index contributed by atoms with van der Waals surface area (Å²) in [5, 5.41) is 20.9. The van der Waals surface area contributed by atoms with Gasteiger partial charge in [-0.3, -0.25) is 4.79 Å². The predicted octanol–water partition coefficient (Wildman–Crippen LogP) is 2.40. The van der Waals surface area contributed by atoms with Crippen molar-refractivity contribution >= 4 is 5.78 Å². The van der Waals surface area contributed by atoms with Gasteiger partial charge in [0.25, 0.3) is 0 Å². The molecule has 3 saturated carbocycles. The molecule has 0 aromatic carbocycles. The molecule has 2 unspecified atom stereocenters. The van der Waals surface area contributed by atoms with Gasteiger partial charge in [0, 0.05) is 16.7 Å². The Hall–Kier alpha value is -0.970. The van der Waals surface area contributed by atoms with Gasteiger partial charge in [0.2, 0.25) is 0 Å². The van der Waals surface area contributed by atoms with Gasteiger partial charge < -0.3 is 14.9 Å². The monoisotopic (exact) mass is 344 g/mol. The number of aliphatic hydroxyl groups excluding tert-OH is 2. The van der Waals surface area contributed by atoms with Gasteiger partial charge in [0.15, 0.2) is 5.78 Å². The quantitative estimate of drug-likeness (QED) is 0.717. The Kier molecular flexibility index (Phi) is 3.14. The van der Waals surface area contributed by atoms with Gasteiger partial charge in [-0.25, -0.2) is 0 Å². The second-order valence-corrected chi connectivity index (χ2v) is 9.43. The van der Waals surface area contributed by atoms with Gasteiger partial charge >= 0.3 is 0 Å². The number of hydrogen-bond donors (Lipinski definition) is 2. The molecule has 25 heavy (non-hydrogen) atoms. The lowest BCUT2D eigenvalue weighted by molar-refractivity contribution is -0.121. The third-order valence-electron chi connectivity index (χ3n) is 8.66. The summed E-state index contributed by atoms with van der Waals surface area (Å²) in [7, 11) is 0. The van der Waals surface area contributed by atoms with Crippen LogP contribution in [0.4, 0.5) is 0 Å². The van der Waals surface area contributed by atoms with Crippen LogP contribution in [-0.2, 0) is 9.53 Å². The molecule has 8 atom stereocenters. The van der Waals surface area contributed by atoms with E-state index in [-0.39, 0.29) is 40.8 Å². The number of rotatable bonds is 1. The van der Waals surface area contributed by atoms with Crippen molar-refractivity contribution in [2.24, 2.45) is 28.6 Å². The van der Waals surface area contributed by atoms with E-state index >= 15 is 0 Å². The van der Waals surface area contributed by atoms with Gasteiger partial charge in [-0.15, -0.1) is 0 Å². The molecule has 2 N–H and O–H groups in total. The van der Waals surface area contributed by atoms with Gasteiger partial charge in [0.1, 0.15) is 11.7 Å². The van der Waals surface area contributed by atoms with E-state index in [0.29, 0.717) is 11.8 Å². The van der Waals surface area contributed by atoms with Crippen LogP contribution in [0.25, 0.3) is 0 Å². The summed E-state index contributed by atoms with van der Waals surface area (Å²) >= 11 is 0. The average Bonchev–Trinajstić information content (AvgIpc) is 3.22. The van der Waals surface area contributed by atoms with Gasteiger partial charge in [-0.05, 0) is 56.1 Å². The molecule has 0 radical (unpaired) electrons. The van der Waals surface area contributed by atoms with Crippen molar-refractivity contribution in [3.63, 3.8) is 0 Å². The molecule has 1 aliphatic heterocycles. The zero-order valence-corrected chi connectivity index (χ0v) is 15.1. The number of carbonyl (C=O) groups excluding carboxylic acids is 1. The maximum atomic E-state index is 11.8. The number of epoxide rings is 1. The molecule has 5 rings (SSSR count). The van der Waals surface area contributed by atoms with Crippen LogP contribution in [0.2, 0.25) is 0 Å². The standard InChI is InChI=1S/C21H28O4/c1-19-7-5-13(23)9-12(19)3-4-14-15-6-8-21(17(11-22)25-21)20(15,2)10-16(24)18(14)19/h5,7,9,14-18,22,24H,3-4,6,8,10-11H2,1-2H3/t14-,15-,16?,17?,18+,19-,20-,21-/m0/s1. The Labute approximate surface area is 148 Å². The Bertz CT molecular complexity index is 696. The van der Waals surface area contributed by atoms with E-state index in [1.165, 1.54) is 5.57 Å². The Balaban J connectivity index is 1.53. The molecule has 1 spiro atoms. The third kappa shape index (κ3) is 1.81. The molecule has 1 heterocycles. The number of aliphatic hydroxyl groups is 2. The second-order valence-electron chi connectivity index (χ2n) is 9.43.